The van der Waals surface area contributed by atoms with E-state index in [0.717, 1.165) is 25.1 Å². The van der Waals surface area contributed by atoms with Crippen LogP contribution in [0.25, 0.3) is 17.3 Å². The molecular weight excluding hydrogens is 444 g/mol. The third-order valence-electron chi connectivity index (χ3n) is 6.91. The van der Waals surface area contributed by atoms with E-state index < -0.39 is 0 Å². The molecule has 2 unspecified atom stereocenters. The summed E-state index contributed by atoms with van der Waals surface area (Å²) in [6, 6.07) is 11.5. The molecule has 1 aliphatic heterocycles. The maximum atomic E-state index is 13.3. The van der Waals surface area contributed by atoms with Crippen LogP contribution >= 0.6 is 23.4 Å². The minimum atomic E-state index is 0.154. The van der Waals surface area contributed by atoms with Gasteiger partial charge in [-0.15, -0.1) is 10.2 Å². The molecule has 3 heterocycles. The summed E-state index contributed by atoms with van der Waals surface area (Å²) in [5.74, 6) is 1.71. The first kappa shape index (κ1) is 21.6. The molecule has 2 aliphatic rings. The number of fused-ring (bicyclic) bond motifs is 2. The van der Waals surface area contributed by atoms with Crippen molar-refractivity contribution in [2.75, 3.05) is 12.3 Å². The summed E-state index contributed by atoms with van der Waals surface area (Å²) in [4.78, 5) is 15.4. The average molecular weight is 471 g/mol. The number of carbonyl (C=O) groups is 1. The van der Waals surface area contributed by atoms with E-state index in [-0.39, 0.29) is 11.3 Å². The number of hydrogen-bond acceptors (Lipinski definition) is 5. The lowest BCUT2D eigenvalue weighted by atomic mass is 9.81. The third kappa shape index (κ3) is 3.86. The molecule has 1 aliphatic carbocycles. The molecule has 6 nitrogen and oxygen atoms in total. The van der Waals surface area contributed by atoms with Crippen LogP contribution in [0.3, 0.4) is 0 Å². The van der Waals surface area contributed by atoms with Crippen LogP contribution in [-0.2, 0) is 4.79 Å². The van der Waals surface area contributed by atoms with Gasteiger partial charge in [0.1, 0.15) is 0 Å². The highest BCUT2D eigenvalue weighted by Gasteiger charge is 2.53. The molecule has 2 bridgehead atoms. The van der Waals surface area contributed by atoms with Gasteiger partial charge in [-0.2, -0.15) is 0 Å². The van der Waals surface area contributed by atoms with Crippen LogP contribution < -0.4 is 0 Å². The molecule has 168 valence electrons. The number of amides is 1. The van der Waals surface area contributed by atoms with Crippen molar-refractivity contribution in [1.82, 2.24) is 19.7 Å². The third-order valence-corrected chi connectivity index (χ3v) is 8.07. The molecular formula is C24H27ClN4O2S. The number of hydrogen-bond donors (Lipinski definition) is 0. The molecule has 0 spiro atoms. The van der Waals surface area contributed by atoms with Crippen LogP contribution in [0.1, 0.15) is 40.0 Å². The van der Waals surface area contributed by atoms with E-state index in [4.69, 9.17) is 16.0 Å². The zero-order valence-corrected chi connectivity index (χ0v) is 20.1. The van der Waals surface area contributed by atoms with Crippen molar-refractivity contribution >= 4 is 29.3 Å². The fourth-order valence-electron chi connectivity index (χ4n) is 5.56. The summed E-state index contributed by atoms with van der Waals surface area (Å²) in [5.41, 5.74) is 1.39. The fraction of sp³-hybridized carbons (Fsp3) is 0.458. The minimum Gasteiger partial charge on any atom is -0.461 e. The Morgan fingerprint density at radius 3 is 2.72 bits per heavy atom. The lowest BCUT2D eigenvalue weighted by molar-refractivity contribution is -0.133. The Bertz CT molecular complexity index is 1130. The molecule has 5 rings (SSSR count). The van der Waals surface area contributed by atoms with Gasteiger partial charge in [-0.1, -0.05) is 44.1 Å². The molecule has 1 aromatic carbocycles. The van der Waals surface area contributed by atoms with Crippen molar-refractivity contribution < 1.29 is 9.21 Å². The maximum absolute atomic E-state index is 13.3. The van der Waals surface area contributed by atoms with E-state index in [0.29, 0.717) is 39.0 Å². The first-order valence-electron chi connectivity index (χ1n) is 10.9. The van der Waals surface area contributed by atoms with Gasteiger partial charge in [0.25, 0.3) is 0 Å². The molecule has 8 heteroatoms. The second kappa shape index (κ2) is 7.96. The van der Waals surface area contributed by atoms with E-state index in [1.54, 1.807) is 6.26 Å². The first-order valence-corrected chi connectivity index (χ1v) is 12.3. The number of aromatic nitrogens is 3. The van der Waals surface area contributed by atoms with Gasteiger partial charge in [0.05, 0.1) is 12.0 Å². The molecule has 0 N–H and O–H groups in total. The van der Waals surface area contributed by atoms with Gasteiger partial charge in [0, 0.05) is 23.3 Å². The second-order valence-corrected chi connectivity index (χ2v) is 11.3. The molecule has 32 heavy (non-hydrogen) atoms. The van der Waals surface area contributed by atoms with Gasteiger partial charge in [-0.25, -0.2) is 0 Å². The van der Waals surface area contributed by atoms with Crippen LogP contribution in [0.15, 0.2) is 52.2 Å². The second-order valence-electron chi connectivity index (χ2n) is 9.92. The molecule has 2 aromatic heterocycles. The Balaban J connectivity index is 1.39. The number of thioether (sulfide) groups is 1. The monoisotopic (exact) mass is 470 g/mol. The summed E-state index contributed by atoms with van der Waals surface area (Å²) in [6.07, 6.45) is 4.96. The molecule has 3 aromatic rings. The molecule has 1 saturated heterocycles. The largest absolute Gasteiger partial charge is 0.461 e. The van der Waals surface area contributed by atoms with Gasteiger partial charge in [0.15, 0.2) is 10.9 Å². The minimum absolute atomic E-state index is 0.154. The van der Waals surface area contributed by atoms with Gasteiger partial charge in [0.2, 0.25) is 11.7 Å². The Morgan fingerprint density at radius 1 is 1.22 bits per heavy atom. The quantitative estimate of drug-likeness (QED) is 0.447. The molecule has 1 saturated carbocycles. The zero-order chi connectivity index (χ0) is 22.5. The summed E-state index contributed by atoms with van der Waals surface area (Å²) in [7, 11) is 0. The maximum Gasteiger partial charge on any atom is 0.233 e. The van der Waals surface area contributed by atoms with E-state index in [1.807, 2.05) is 41.0 Å². The van der Waals surface area contributed by atoms with Crippen molar-refractivity contribution in [2.45, 2.75) is 51.2 Å². The lowest BCUT2D eigenvalue weighted by Gasteiger charge is -2.40. The summed E-state index contributed by atoms with van der Waals surface area (Å²) in [6.45, 7) is 7.81. The van der Waals surface area contributed by atoms with Crippen molar-refractivity contribution in [3.05, 3.63) is 47.7 Å². The van der Waals surface area contributed by atoms with Gasteiger partial charge in [-0.05, 0) is 66.5 Å². The predicted octanol–water partition coefficient (Wildman–Crippen LogP) is 5.70. The molecule has 0 radical (unpaired) electrons. The first-order chi connectivity index (χ1) is 15.3. The summed E-state index contributed by atoms with van der Waals surface area (Å²) >= 11 is 7.50. The number of halogens is 1. The Kier molecular flexibility index (Phi) is 5.37. The SMILES string of the molecule is CC12CCN(C(=O)CSc3nnc(-c4ccco4)n3-c3ccc(Cl)cc3)C(C1)C(C)(C)C2. The Morgan fingerprint density at radius 2 is 2.00 bits per heavy atom. The molecule has 1 amide bonds. The number of benzene rings is 1. The van der Waals surface area contributed by atoms with Crippen LogP contribution in [0.5, 0.6) is 0 Å². The van der Waals surface area contributed by atoms with E-state index in [2.05, 4.69) is 35.9 Å². The highest BCUT2D eigenvalue weighted by Crippen LogP contribution is 2.55. The van der Waals surface area contributed by atoms with Crippen LogP contribution in [0.2, 0.25) is 5.02 Å². The standard InChI is InChI=1S/C24H27ClN4O2S/c1-23(2)15-24(3)10-11-28(19(23)13-24)20(30)14-32-22-27-26-21(18-5-4-12-31-18)29(22)17-8-6-16(25)7-9-17/h4-9,12,19H,10-11,13-15H2,1-3H3. The number of rotatable bonds is 5. The number of likely N-dealkylation sites (tertiary alicyclic amines) is 1. The van der Waals surface area contributed by atoms with Crippen LogP contribution in [-0.4, -0.2) is 43.9 Å². The zero-order valence-electron chi connectivity index (χ0n) is 18.5. The number of carbonyl (C=O) groups excluding carboxylic acids is 1. The Hall–Kier alpha value is -2.25. The molecule has 2 fully saturated rings. The van der Waals surface area contributed by atoms with Crippen LogP contribution in [0.4, 0.5) is 0 Å². The number of furan rings is 1. The predicted molar refractivity (Wildman–Crippen MR) is 126 cm³/mol. The van der Waals surface area contributed by atoms with E-state index >= 15 is 0 Å². The number of nitrogens with zero attached hydrogens (tertiary/aromatic N) is 4. The topological polar surface area (TPSA) is 64.2 Å². The lowest BCUT2D eigenvalue weighted by Crippen LogP contribution is -2.49. The number of piperidine rings is 1. The highest BCUT2D eigenvalue weighted by atomic mass is 35.5. The van der Waals surface area contributed by atoms with E-state index in [1.165, 1.54) is 18.2 Å². The molecule has 2 atom stereocenters. The van der Waals surface area contributed by atoms with Crippen molar-refractivity contribution in [2.24, 2.45) is 10.8 Å². The van der Waals surface area contributed by atoms with Crippen LogP contribution in [0, 0.1) is 10.8 Å². The Labute approximate surface area is 197 Å². The van der Waals surface area contributed by atoms with Gasteiger partial charge < -0.3 is 9.32 Å². The van der Waals surface area contributed by atoms with Crippen molar-refractivity contribution in [3.8, 4) is 17.3 Å². The summed E-state index contributed by atoms with van der Waals surface area (Å²) in [5, 5.41) is 10.1. The fourth-order valence-corrected chi connectivity index (χ4v) is 6.53. The summed E-state index contributed by atoms with van der Waals surface area (Å²) < 4.78 is 7.49. The smallest absolute Gasteiger partial charge is 0.233 e. The van der Waals surface area contributed by atoms with Gasteiger partial charge in [-0.3, -0.25) is 9.36 Å². The van der Waals surface area contributed by atoms with Crippen molar-refractivity contribution in [1.29, 1.82) is 0 Å². The highest BCUT2D eigenvalue weighted by molar-refractivity contribution is 7.99. The van der Waals surface area contributed by atoms with E-state index in [9.17, 15) is 4.79 Å². The van der Waals surface area contributed by atoms with Gasteiger partial charge >= 0.3 is 0 Å². The average Bonchev–Trinajstić information content (AvgIpc) is 3.45. The normalized spacial score (nSPS) is 24.1. The van der Waals surface area contributed by atoms with Crippen molar-refractivity contribution in [3.63, 3.8) is 0 Å².